The van der Waals surface area contributed by atoms with Gasteiger partial charge in [0, 0.05) is 30.8 Å². The summed E-state index contributed by atoms with van der Waals surface area (Å²) in [6.07, 6.45) is 0. The normalized spacial score (nSPS) is 27.0. The van der Waals surface area contributed by atoms with Crippen LogP contribution in [0.4, 0.5) is 14.5 Å². The van der Waals surface area contributed by atoms with Gasteiger partial charge in [-0.2, -0.15) is 4.98 Å². The third-order valence-corrected chi connectivity index (χ3v) is 4.59. The smallest absolute Gasteiger partial charge is 0.241 e. The molecule has 0 amide bonds. The predicted octanol–water partition coefficient (Wildman–Crippen LogP) is 2.94. The zero-order valence-electron chi connectivity index (χ0n) is 11.0. The number of hydrogen-bond donors (Lipinski definition) is 0. The van der Waals surface area contributed by atoms with E-state index in [1.165, 1.54) is 6.07 Å². The summed E-state index contributed by atoms with van der Waals surface area (Å²) in [7, 11) is 0. The molecular formula is C14H12ClF2N3O. The summed E-state index contributed by atoms with van der Waals surface area (Å²) in [5.41, 5.74) is 0.717. The molecule has 1 saturated carbocycles. The first kappa shape index (κ1) is 13.0. The molecule has 4 nitrogen and oxygen atoms in total. The van der Waals surface area contributed by atoms with E-state index in [9.17, 15) is 8.78 Å². The molecule has 2 fully saturated rings. The van der Waals surface area contributed by atoms with Crippen LogP contribution in [0.3, 0.4) is 0 Å². The van der Waals surface area contributed by atoms with Crippen LogP contribution in [0.5, 0.6) is 0 Å². The number of anilines is 1. The van der Waals surface area contributed by atoms with Gasteiger partial charge in [0.2, 0.25) is 5.89 Å². The average Bonchev–Trinajstić information content (AvgIpc) is 2.88. The van der Waals surface area contributed by atoms with Crippen molar-refractivity contribution in [2.24, 2.45) is 11.8 Å². The van der Waals surface area contributed by atoms with Gasteiger partial charge in [-0.05, 0) is 24.0 Å². The van der Waals surface area contributed by atoms with Crippen molar-refractivity contribution in [1.82, 2.24) is 10.1 Å². The van der Waals surface area contributed by atoms with Crippen molar-refractivity contribution in [2.75, 3.05) is 18.0 Å². The average molecular weight is 312 g/mol. The van der Waals surface area contributed by atoms with Crippen LogP contribution in [0.1, 0.15) is 17.6 Å². The molecule has 1 unspecified atom stereocenters. The number of benzene rings is 1. The van der Waals surface area contributed by atoms with E-state index in [0.717, 1.165) is 24.8 Å². The molecule has 110 valence electrons. The van der Waals surface area contributed by atoms with Crippen LogP contribution in [-0.2, 0) is 5.88 Å². The topological polar surface area (TPSA) is 42.2 Å². The first-order chi connectivity index (χ1) is 10.2. The molecule has 1 aromatic carbocycles. The maximum atomic E-state index is 13.3. The summed E-state index contributed by atoms with van der Waals surface area (Å²) in [5.74, 6) is 0.927. The second-order valence-corrected chi connectivity index (χ2v) is 5.80. The Morgan fingerprint density at radius 3 is 2.62 bits per heavy atom. The van der Waals surface area contributed by atoms with Crippen molar-refractivity contribution in [3.8, 4) is 0 Å². The number of piperidine rings is 1. The molecule has 2 aliphatic rings. The quantitative estimate of drug-likeness (QED) is 0.817. The van der Waals surface area contributed by atoms with Gasteiger partial charge in [0.1, 0.15) is 5.88 Å². The molecule has 1 aliphatic carbocycles. The maximum Gasteiger partial charge on any atom is 0.241 e. The van der Waals surface area contributed by atoms with E-state index in [2.05, 4.69) is 15.0 Å². The van der Waals surface area contributed by atoms with E-state index in [1.807, 2.05) is 0 Å². The Bertz CT molecular complexity index is 681. The van der Waals surface area contributed by atoms with Crippen LogP contribution in [0.25, 0.3) is 0 Å². The molecule has 1 saturated heterocycles. The number of fused-ring (bicyclic) bond motifs is 1. The molecule has 0 N–H and O–H groups in total. The minimum atomic E-state index is -0.818. The molecule has 7 heteroatoms. The van der Waals surface area contributed by atoms with Crippen LogP contribution in [-0.4, -0.2) is 23.2 Å². The minimum Gasteiger partial charge on any atom is -0.371 e. The Balaban J connectivity index is 1.46. The zero-order chi connectivity index (χ0) is 14.6. The SMILES string of the molecule is Fc1ccc(N2C[C@@H]3C(c4noc(CCl)n4)[C@@H]3C2)cc1F. The molecule has 0 radical (unpaired) electrons. The fraction of sp³-hybridized carbons (Fsp3) is 0.429. The van der Waals surface area contributed by atoms with Crippen LogP contribution in [0.15, 0.2) is 22.7 Å². The maximum absolute atomic E-state index is 13.3. The lowest BCUT2D eigenvalue weighted by molar-refractivity contribution is 0.383. The lowest BCUT2D eigenvalue weighted by Gasteiger charge is -2.21. The summed E-state index contributed by atoms with van der Waals surface area (Å²) in [6, 6.07) is 4.02. The predicted molar refractivity (Wildman–Crippen MR) is 72.1 cm³/mol. The highest BCUT2D eigenvalue weighted by Gasteiger charge is 2.58. The fourth-order valence-corrected chi connectivity index (χ4v) is 3.37. The third kappa shape index (κ3) is 2.09. The number of alkyl halides is 1. The molecule has 0 spiro atoms. The van der Waals surface area contributed by atoms with Gasteiger partial charge in [-0.1, -0.05) is 5.16 Å². The lowest BCUT2D eigenvalue weighted by Crippen LogP contribution is -2.23. The highest BCUT2D eigenvalue weighted by molar-refractivity contribution is 6.16. The van der Waals surface area contributed by atoms with Crippen molar-refractivity contribution >= 4 is 17.3 Å². The summed E-state index contributed by atoms with van der Waals surface area (Å²) in [4.78, 5) is 6.33. The second-order valence-electron chi connectivity index (χ2n) is 5.54. The van der Waals surface area contributed by atoms with Crippen molar-refractivity contribution in [1.29, 1.82) is 0 Å². The first-order valence-electron chi connectivity index (χ1n) is 6.76. The molecular weight excluding hydrogens is 300 g/mol. The van der Waals surface area contributed by atoms with Gasteiger partial charge in [-0.15, -0.1) is 11.6 Å². The molecule has 1 aromatic heterocycles. The standard InChI is InChI=1S/C14H12ClF2N3O/c15-4-12-18-14(19-21-12)13-8-5-20(6-9(8)13)7-1-2-10(16)11(17)3-7/h1-3,8-9,13H,4-6H2/t8-,9+,13?. The Labute approximate surface area is 124 Å². The Hall–Kier alpha value is -1.69. The molecule has 1 aliphatic heterocycles. The lowest BCUT2D eigenvalue weighted by atomic mass is 10.2. The Kier molecular flexibility index (Phi) is 2.89. The van der Waals surface area contributed by atoms with Gasteiger partial charge < -0.3 is 9.42 Å². The van der Waals surface area contributed by atoms with E-state index in [4.69, 9.17) is 16.1 Å². The van der Waals surface area contributed by atoms with Gasteiger partial charge in [-0.3, -0.25) is 0 Å². The second kappa shape index (κ2) is 4.66. The molecule has 2 aromatic rings. The number of nitrogens with zero attached hydrogens (tertiary/aromatic N) is 3. The Morgan fingerprint density at radius 1 is 1.24 bits per heavy atom. The van der Waals surface area contributed by atoms with Crippen LogP contribution >= 0.6 is 11.6 Å². The summed E-state index contributed by atoms with van der Waals surface area (Å²) >= 11 is 5.65. The number of hydrogen-bond acceptors (Lipinski definition) is 4. The number of rotatable bonds is 3. The molecule has 0 bridgehead atoms. The van der Waals surface area contributed by atoms with Crippen molar-refractivity contribution in [3.63, 3.8) is 0 Å². The van der Waals surface area contributed by atoms with Crippen molar-refractivity contribution in [2.45, 2.75) is 11.8 Å². The monoisotopic (exact) mass is 311 g/mol. The molecule has 2 heterocycles. The molecule has 3 atom stereocenters. The van der Waals surface area contributed by atoms with Crippen LogP contribution < -0.4 is 4.90 Å². The van der Waals surface area contributed by atoms with Gasteiger partial charge >= 0.3 is 0 Å². The third-order valence-electron chi connectivity index (χ3n) is 4.36. The van der Waals surface area contributed by atoms with E-state index in [-0.39, 0.29) is 5.88 Å². The van der Waals surface area contributed by atoms with Crippen molar-refractivity contribution < 1.29 is 13.3 Å². The van der Waals surface area contributed by atoms with Gasteiger partial charge in [0.25, 0.3) is 0 Å². The number of aromatic nitrogens is 2. The van der Waals surface area contributed by atoms with Gasteiger partial charge in [0.05, 0.1) is 0 Å². The first-order valence-corrected chi connectivity index (χ1v) is 7.29. The van der Waals surface area contributed by atoms with Crippen LogP contribution in [0.2, 0.25) is 0 Å². The highest BCUT2D eigenvalue weighted by Crippen LogP contribution is 2.57. The van der Waals surface area contributed by atoms with Crippen molar-refractivity contribution in [3.05, 3.63) is 41.5 Å². The van der Waals surface area contributed by atoms with Gasteiger partial charge in [-0.25, -0.2) is 8.78 Å². The van der Waals surface area contributed by atoms with E-state index >= 15 is 0 Å². The van der Waals surface area contributed by atoms with E-state index < -0.39 is 11.6 Å². The summed E-state index contributed by atoms with van der Waals surface area (Å²) in [5, 5.41) is 3.96. The van der Waals surface area contributed by atoms with E-state index in [1.54, 1.807) is 6.07 Å². The number of halogens is 3. The summed E-state index contributed by atoms with van der Waals surface area (Å²) < 4.78 is 31.3. The summed E-state index contributed by atoms with van der Waals surface area (Å²) in [6.45, 7) is 1.59. The van der Waals surface area contributed by atoms with Crippen LogP contribution in [0, 0.1) is 23.5 Å². The Morgan fingerprint density at radius 2 is 2.00 bits per heavy atom. The minimum absolute atomic E-state index is 0.218. The van der Waals surface area contributed by atoms with E-state index in [0.29, 0.717) is 29.5 Å². The molecule has 4 rings (SSSR count). The largest absolute Gasteiger partial charge is 0.371 e. The fourth-order valence-electron chi connectivity index (χ4n) is 3.26. The molecule has 21 heavy (non-hydrogen) atoms. The highest BCUT2D eigenvalue weighted by atomic mass is 35.5. The van der Waals surface area contributed by atoms with Gasteiger partial charge in [0.15, 0.2) is 17.5 Å². The zero-order valence-corrected chi connectivity index (χ0v) is 11.7.